The topological polar surface area (TPSA) is 40.7 Å². The van der Waals surface area contributed by atoms with Crippen molar-refractivity contribution in [1.29, 1.82) is 0 Å². The Balaban J connectivity index is 1.86. The van der Waals surface area contributed by atoms with Crippen LogP contribution in [-0.2, 0) is 6.54 Å². The third-order valence-electron chi connectivity index (χ3n) is 2.80. The monoisotopic (exact) mass is 287 g/mol. The summed E-state index contributed by atoms with van der Waals surface area (Å²) in [5.41, 5.74) is 3.03. The number of hydrogen-bond donors (Lipinski definition) is 2. The summed E-state index contributed by atoms with van der Waals surface area (Å²) < 4.78 is 1.40. The molecule has 0 unspecified atom stereocenters. The number of aromatic nitrogens is 2. The van der Waals surface area contributed by atoms with Crippen molar-refractivity contribution in [3.8, 4) is 11.3 Å². The summed E-state index contributed by atoms with van der Waals surface area (Å²) in [5, 5.41) is 10.5. The van der Waals surface area contributed by atoms with Gasteiger partial charge in [0.1, 0.15) is 4.34 Å². The lowest BCUT2D eigenvalue weighted by Gasteiger charge is -2.03. The van der Waals surface area contributed by atoms with Gasteiger partial charge in [0.05, 0.1) is 16.2 Å². The van der Waals surface area contributed by atoms with Crippen LogP contribution in [0.4, 0.5) is 0 Å². The van der Waals surface area contributed by atoms with Gasteiger partial charge in [0.25, 0.3) is 0 Å². The van der Waals surface area contributed by atoms with E-state index in [2.05, 4.69) is 15.5 Å². The molecule has 1 aliphatic carbocycles. The zero-order valence-corrected chi connectivity index (χ0v) is 11.3. The molecule has 0 aromatic carbocycles. The van der Waals surface area contributed by atoms with E-state index in [0.717, 1.165) is 23.4 Å². The normalized spacial score (nSPS) is 15.4. The highest BCUT2D eigenvalue weighted by Gasteiger charge is 2.21. The molecule has 3 nitrogen and oxygen atoms in total. The van der Waals surface area contributed by atoms with Gasteiger partial charge in [-0.25, -0.2) is 0 Å². The number of halogens is 2. The molecule has 17 heavy (non-hydrogen) atoms. The molecule has 90 valence electrons. The minimum Gasteiger partial charge on any atom is -0.310 e. The Bertz CT molecular complexity index is 531. The van der Waals surface area contributed by atoms with Crippen LogP contribution in [0.5, 0.6) is 0 Å². The number of hydrogen-bond acceptors (Lipinski definition) is 3. The molecule has 1 fully saturated rings. The minimum absolute atomic E-state index is 0.680. The number of H-pyrrole nitrogens is 1. The number of nitrogens with zero attached hydrogens (tertiary/aromatic N) is 1. The van der Waals surface area contributed by atoms with Crippen molar-refractivity contribution >= 4 is 34.5 Å². The largest absolute Gasteiger partial charge is 0.310 e. The number of nitrogens with one attached hydrogen (secondary N) is 2. The molecular formula is C11H11Cl2N3S. The molecule has 0 saturated heterocycles. The highest BCUT2D eigenvalue weighted by molar-refractivity contribution is 7.20. The van der Waals surface area contributed by atoms with Gasteiger partial charge in [0.15, 0.2) is 0 Å². The van der Waals surface area contributed by atoms with Crippen LogP contribution >= 0.6 is 34.5 Å². The van der Waals surface area contributed by atoms with Gasteiger partial charge in [0.2, 0.25) is 0 Å². The van der Waals surface area contributed by atoms with Gasteiger partial charge in [-0.05, 0) is 18.9 Å². The summed E-state index contributed by atoms with van der Waals surface area (Å²) in [6, 6.07) is 2.56. The standard InChI is InChI=1S/C11H11Cl2N3S/c12-9-3-8(11(13)17-9)10-6(5-15-16-10)4-14-7-1-2-7/h3,5,7,14H,1-2,4H2,(H,15,16). The Hall–Kier alpha value is -0.550. The van der Waals surface area contributed by atoms with Gasteiger partial charge >= 0.3 is 0 Å². The van der Waals surface area contributed by atoms with E-state index in [1.54, 1.807) is 0 Å². The van der Waals surface area contributed by atoms with E-state index < -0.39 is 0 Å². The quantitative estimate of drug-likeness (QED) is 0.900. The second-order valence-electron chi connectivity index (χ2n) is 4.16. The molecule has 2 aromatic rings. The van der Waals surface area contributed by atoms with Crippen LogP contribution in [0.3, 0.4) is 0 Å². The first kappa shape index (κ1) is 11.5. The van der Waals surface area contributed by atoms with Gasteiger partial charge in [-0.1, -0.05) is 23.2 Å². The number of rotatable bonds is 4. The lowest BCUT2D eigenvalue weighted by atomic mass is 10.1. The molecule has 6 heteroatoms. The number of aromatic amines is 1. The molecule has 3 rings (SSSR count). The number of thiophene rings is 1. The zero-order valence-electron chi connectivity index (χ0n) is 8.96. The van der Waals surface area contributed by atoms with Crippen LogP contribution in [0.1, 0.15) is 18.4 Å². The molecule has 0 aliphatic heterocycles. The van der Waals surface area contributed by atoms with Gasteiger partial charge in [-0.2, -0.15) is 5.10 Å². The molecule has 0 atom stereocenters. The Kier molecular flexibility index (Phi) is 3.13. The Morgan fingerprint density at radius 2 is 2.29 bits per heavy atom. The average molecular weight is 288 g/mol. The maximum atomic E-state index is 6.15. The summed E-state index contributed by atoms with van der Waals surface area (Å²) in [4.78, 5) is 0. The summed E-state index contributed by atoms with van der Waals surface area (Å²) in [7, 11) is 0. The first-order valence-electron chi connectivity index (χ1n) is 5.45. The fourth-order valence-corrected chi connectivity index (χ4v) is 3.21. The van der Waals surface area contributed by atoms with Crippen LogP contribution in [0.15, 0.2) is 12.3 Å². The predicted octanol–water partition coefficient (Wildman–Crippen LogP) is 3.70. The second kappa shape index (κ2) is 4.61. The van der Waals surface area contributed by atoms with Crippen molar-refractivity contribution in [3.05, 3.63) is 26.5 Å². The van der Waals surface area contributed by atoms with Crippen LogP contribution in [0.2, 0.25) is 8.67 Å². The van der Waals surface area contributed by atoms with E-state index in [4.69, 9.17) is 23.2 Å². The minimum atomic E-state index is 0.680. The average Bonchev–Trinajstić information content (AvgIpc) is 2.91. The lowest BCUT2D eigenvalue weighted by Crippen LogP contribution is -2.15. The lowest BCUT2D eigenvalue weighted by molar-refractivity contribution is 0.689. The highest BCUT2D eigenvalue weighted by atomic mass is 35.5. The predicted molar refractivity (Wildman–Crippen MR) is 71.8 cm³/mol. The molecule has 1 saturated carbocycles. The third kappa shape index (κ3) is 2.50. The van der Waals surface area contributed by atoms with Gasteiger partial charge in [0, 0.05) is 23.7 Å². The Labute approximate surface area is 113 Å². The smallest absolute Gasteiger partial charge is 0.104 e. The molecule has 0 spiro atoms. The third-order valence-corrected chi connectivity index (χ3v) is 4.29. The van der Waals surface area contributed by atoms with E-state index in [1.807, 2.05) is 12.3 Å². The maximum Gasteiger partial charge on any atom is 0.104 e. The van der Waals surface area contributed by atoms with Gasteiger partial charge in [-0.15, -0.1) is 11.3 Å². The second-order valence-corrected chi connectivity index (χ2v) is 6.45. The van der Waals surface area contributed by atoms with Crippen LogP contribution in [0, 0.1) is 0 Å². The summed E-state index contributed by atoms with van der Waals surface area (Å²) in [6.07, 6.45) is 4.39. The van der Waals surface area contributed by atoms with Crippen LogP contribution < -0.4 is 5.32 Å². The van der Waals surface area contributed by atoms with Gasteiger partial charge < -0.3 is 5.32 Å². The molecule has 2 aromatic heterocycles. The van der Waals surface area contributed by atoms with Crippen molar-refractivity contribution in [1.82, 2.24) is 15.5 Å². The van der Waals surface area contributed by atoms with Crippen molar-refractivity contribution in [2.24, 2.45) is 0 Å². The highest BCUT2D eigenvalue weighted by Crippen LogP contribution is 2.38. The SMILES string of the molecule is Clc1cc(-c2[nH]ncc2CNC2CC2)c(Cl)s1. The van der Waals surface area contributed by atoms with Crippen molar-refractivity contribution in [3.63, 3.8) is 0 Å². The van der Waals surface area contributed by atoms with E-state index in [9.17, 15) is 0 Å². The van der Waals surface area contributed by atoms with E-state index in [0.29, 0.717) is 14.7 Å². The van der Waals surface area contributed by atoms with Crippen LogP contribution in [-0.4, -0.2) is 16.2 Å². The van der Waals surface area contributed by atoms with Crippen LogP contribution in [0.25, 0.3) is 11.3 Å². The van der Waals surface area contributed by atoms with Crippen molar-refractivity contribution in [2.75, 3.05) is 0 Å². The molecular weight excluding hydrogens is 277 g/mol. The molecule has 0 bridgehead atoms. The zero-order chi connectivity index (χ0) is 11.8. The van der Waals surface area contributed by atoms with Gasteiger partial charge in [-0.3, -0.25) is 5.10 Å². The summed E-state index contributed by atoms with van der Waals surface area (Å²) in [6.45, 7) is 0.820. The Morgan fingerprint density at radius 3 is 2.94 bits per heavy atom. The first-order valence-corrected chi connectivity index (χ1v) is 7.02. The molecule has 2 N–H and O–H groups in total. The summed E-state index contributed by atoms with van der Waals surface area (Å²) >= 11 is 13.5. The Morgan fingerprint density at radius 1 is 1.47 bits per heavy atom. The van der Waals surface area contributed by atoms with E-state index in [1.165, 1.54) is 24.2 Å². The van der Waals surface area contributed by atoms with E-state index >= 15 is 0 Å². The summed E-state index contributed by atoms with van der Waals surface area (Å²) in [5.74, 6) is 0. The van der Waals surface area contributed by atoms with E-state index in [-0.39, 0.29) is 0 Å². The molecule has 2 heterocycles. The first-order chi connectivity index (χ1) is 8.24. The molecule has 0 radical (unpaired) electrons. The van der Waals surface area contributed by atoms with Crippen molar-refractivity contribution < 1.29 is 0 Å². The molecule has 1 aliphatic rings. The fraction of sp³-hybridized carbons (Fsp3) is 0.364. The van der Waals surface area contributed by atoms with Crippen molar-refractivity contribution in [2.45, 2.75) is 25.4 Å². The molecule has 0 amide bonds. The maximum absolute atomic E-state index is 6.15. The fourth-order valence-electron chi connectivity index (χ4n) is 1.73.